The molecule has 2 heterocycles. The van der Waals surface area contributed by atoms with E-state index in [2.05, 4.69) is 45.7 Å². The molecule has 0 aromatic carbocycles. The van der Waals surface area contributed by atoms with Gasteiger partial charge in [-0.25, -0.2) is 4.98 Å². The minimum atomic E-state index is 0.412. The van der Waals surface area contributed by atoms with Crippen LogP contribution in [0.15, 0.2) is 11.2 Å². The molecule has 1 aromatic heterocycles. The van der Waals surface area contributed by atoms with E-state index < -0.39 is 0 Å². The maximum Gasteiger partial charge on any atom is 0.204 e. The first-order chi connectivity index (χ1) is 11.4. The van der Waals surface area contributed by atoms with Crippen molar-refractivity contribution in [1.82, 2.24) is 19.8 Å². The van der Waals surface area contributed by atoms with Crippen LogP contribution in [0.2, 0.25) is 0 Å². The van der Waals surface area contributed by atoms with Crippen molar-refractivity contribution in [2.24, 2.45) is 17.5 Å². The molecule has 1 fully saturated rings. The van der Waals surface area contributed by atoms with Gasteiger partial charge in [0, 0.05) is 41.3 Å². The van der Waals surface area contributed by atoms with E-state index in [9.17, 15) is 0 Å². The highest BCUT2D eigenvalue weighted by Crippen LogP contribution is 2.33. The number of hydrogen-bond donors (Lipinski definition) is 1. The van der Waals surface area contributed by atoms with E-state index >= 15 is 0 Å². The van der Waals surface area contributed by atoms with Crippen molar-refractivity contribution in [1.29, 1.82) is 0 Å². The highest BCUT2D eigenvalue weighted by molar-refractivity contribution is 5.80. The van der Waals surface area contributed by atoms with Crippen LogP contribution in [0.25, 0.3) is 0 Å². The fourth-order valence-electron chi connectivity index (χ4n) is 3.82. The molecule has 6 nitrogen and oxygen atoms in total. The molecule has 1 saturated heterocycles. The van der Waals surface area contributed by atoms with Crippen molar-refractivity contribution in [2.75, 3.05) is 39.1 Å². The number of anilines is 1. The largest absolute Gasteiger partial charge is 0.351 e. The summed E-state index contributed by atoms with van der Waals surface area (Å²) in [7, 11) is 7.96. The monoisotopic (exact) mass is 334 g/mol. The lowest BCUT2D eigenvalue weighted by molar-refractivity contribution is 0.142. The Morgan fingerprint density at radius 1 is 1.46 bits per heavy atom. The van der Waals surface area contributed by atoms with E-state index in [1.165, 1.54) is 25.7 Å². The maximum absolute atomic E-state index is 4.52. The molecule has 0 radical (unpaired) electrons. The number of hydrogen-bond acceptors (Lipinski definition) is 3. The molecule has 0 amide bonds. The summed E-state index contributed by atoms with van der Waals surface area (Å²) in [6.45, 7) is 7.62. The number of rotatable bonds is 5. The molecule has 1 atom stereocenters. The molecule has 0 aliphatic carbocycles. The summed E-state index contributed by atoms with van der Waals surface area (Å²) < 4.78 is 2.12. The van der Waals surface area contributed by atoms with Gasteiger partial charge in [0.05, 0.1) is 18.4 Å². The molecule has 1 N–H and O–H groups in total. The Balaban J connectivity index is 2.00. The van der Waals surface area contributed by atoms with E-state index in [1.807, 2.05) is 32.2 Å². The molecule has 1 aliphatic rings. The van der Waals surface area contributed by atoms with Gasteiger partial charge in [0.1, 0.15) is 0 Å². The summed E-state index contributed by atoms with van der Waals surface area (Å²) in [6, 6.07) is 0. The molecular formula is C18H34N6. The molecule has 6 heteroatoms. The fraction of sp³-hybridized carbons (Fsp3) is 0.778. The number of likely N-dealkylation sites (tertiary alicyclic amines) is 1. The first-order valence-electron chi connectivity index (χ1n) is 9.03. The third-order valence-corrected chi connectivity index (χ3v) is 5.03. The van der Waals surface area contributed by atoms with Crippen LogP contribution in [-0.2, 0) is 13.6 Å². The Morgan fingerprint density at radius 2 is 2.21 bits per heavy atom. The van der Waals surface area contributed by atoms with Crippen LogP contribution in [0, 0.1) is 5.41 Å². The first kappa shape index (κ1) is 18.6. The Morgan fingerprint density at radius 3 is 2.79 bits per heavy atom. The molecule has 24 heavy (non-hydrogen) atoms. The number of guanidine groups is 1. The Kier molecular flexibility index (Phi) is 6.13. The van der Waals surface area contributed by atoms with Gasteiger partial charge in [0.25, 0.3) is 0 Å². The van der Waals surface area contributed by atoms with Gasteiger partial charge in [-0.2, -0.15) is 0 Å². The zero-order valence-electron chi connectivity index (χ0n) is 16.3. The quantitative estimate of drug-likeness (QED) is 0.664. The second-order valence-corrected chi connectivity index (χ2v) is 7.49. The summed E-state index contributed by atoms with van der Waals surface area (Å²) in [6.07, 6.45) is 7.04. The van der Waals surface area contributed by atoms with Crippen molar-refractivity contribution >= 4 is 11.9 Å². The Bertz CT molecular complexity index is 558. The molecule has 136 valence electrons. The van der Waals surface area contributed by atoms with Crippen LogP contribution in [-0.4, -0.2) is 54.6 Å². The lowest BCUT2D eigenvalue weighted by atomic mass is 9.78. The van der Waals surface area contributed by atoms with Gasteiger partial charge in [0.2, 0.25) is 5.95 Å². The molecule has 1 aromatic rings. The highest BCUT2D eigenvalue weighted by Gasteiger charge is 2.31. The van der Waals surface area contributed by atoms with Crippen LogP contribution in [0.5, 0.6) is 0 Å². The van der Waals surface area contributed by atoms with Crippen molar-refractivity contribution in [3.63, 3.8) is 0 Å². The smallest absolute Gasteiger partial charge is 0.204 e. The zero-order chi connectivity index (χ0) is 17.7. The third kappa shape index (κ3) is 4.22. The van der Waals surface area contributed by atoms with Crippen LogP contribution in [0.1, 0.15) is 45.2 Å². The summed E-state index contributed by atoms with van der Waals surface area (Å²) in [5.74, 6) is 1.97. The highest BCUT2D eigenvalue weighted by atomic mass is 15.3. The molecular weight excluding hydrogens is 300 g/mol. The van der Waals surface area contributed by atoms with Crippen molar-refractivity contribution < 1.29 is 0 Å². The fourth-order valence-corrected chi connectivity index (χ4v) is 3.82. The van der Waals surface area contributed by atoms with E-state index in [1.54, 1.807) is 0 Å². The van der Waals surface area contributed by atoms with Crippen LogP contribution in [0.4, 0.5) is 5.95 Å². The molecule has 2 rings (SSSR count). The SMILES string of the molecule is CCCC1(C)CCCN(C(=NC)NCc2cnc(N(C)C)n2C)C1. The predicted molar refractivity (Wildman–Crippen MR) is 102 cm³/mol. The number of aromatic nitrogens is 2. The molecule has 0 spiro atoms. The molecule has 0 saturated carbocycles. The minimum Gasteiger partial charge on any atom is -0.351 e. The second-order valence-electron chi connectivity index (χ2n) is 7.49. The zero-order valence-corrected chi connectivity index (χ0v) is 16.3. The topological polar surface area (TPSA) is 48.7 Å². The predicted octanol–water partition coefficient (Wildman–Crippen LogP) is 2.46. The summed E-state index contributed by atoms with van der Waals surface area (Å²) in [4.78, 5) is 13.4. The number of aliphatic imine (C=N–C) groups is 1. The van der Waals surface area contributed by atoms with Crippen molar-refractivity contribution in [3.05, 3.63) is 11.9 Å². The van der Waals surface area contributed by atoms with Gasteiger partial charge >= 0.3 is 0 Å². The standard InChI is InChI=1S/C18H34N6/c1-7-9-18(2)10-8-11-24(14-18)16(19-3)20-12-15-13-21-17(22(4)5)23(15)6/h13H,7-12,14H2,1-6H3,(H,19,20). The Labute approximate surface area is 147 Å². The Hall–Kier alpha value is -1.72. The average molecular weight is 335 g/mol. The van der Waals surface area contributed by atoms with E-state index in [0.717, 1.165) is 37.2 Å². The lowest BCUT2D eigenvalue weighted by Crippen LogP contribution is -2.49. The van der Waals surface area contributed by atoms with Gasteiger partial charge in [-0.05, 0) is 24.7 Å². The van der Waals surface area contributed by atoms with Gasteiger partial charge in [-0.1, -0.05) is 20.3 Å². The first-order valence-corrected chi connectivity index (χ1v) is 9.03. The van der Waals surface area contributed by atoms with Gasteiger partial charge < -0.3 is 19.7 Å². The number of nitrogens with zero attached hydrogens (tertiary/aromatic N) is 5. The maximum atomic E-state index is 4.52. The van der Waals surface area contributed by atoms with Crippen molar-refractivity contribution in [3.8, 4) is 0 Å². The second kappa shape index (κ2) is 7.90. The average Bonchev–Trinajstić information content (AvgIpc) is 2.89. The van der Waals surface area contributed by atoms with E-state index in [-0.39, 0.29) is 0 Å². The van der Waals surface area contributed by atoms with Crippen LogP contribution < -0.4 is 10.2 Å². The summed E-state index contributed by atoms with van der Waals surface area (Å²) >= 11 is 0. The normalized spacial score (nSPS) is 21.9. The molecule has 0 bridgehead atoms. The van der Waals surface area contributed by atoms with Crippen molar-refractivity contribution in [2.45, 2.75) is 46.1 Å². The number of piperidine rings is 1. The van der Waals surface area contributed by atoms with Gasteiger partial charge in [0.15, 0.2) is 5.96 Å². The molecule has 1 unspecified atom stereocenters. The van der Waals surface area contributed by atoms with Gasteiger partial charge in [-0.3, -0.25) is 4.99 Å². The molecule has 1 aliphatic heterocycles. The summed E-state index contributed by atoms with van der Waals surface area (Å²) in [5, 5.41) is 3.52. The number of imidazole rings is 1. The minimum absolute atomic E-state index is 0.412. The van der Waals surface area contributed by atoms with E-state index in [4.69, 9.17) is 0 Å². The lowest BCUT2D eigenvalue weighted by Gasteiger charge is -2.42. The van der Waals surface area contributed by atoms with Crippen LogP contribution in [0.3, 0.4) is 0 Å². The van der Waals surface area contributed by atoms with Crippen LogP contribution >= 0.6 is 0 Å². The summed E-state index contributed by atoms with van der Waals surface area (Å²) in [5.41, 5.74) is 1.57. The number of nitrogens with one attached hydrogen (secondary N) is 1. The third-order valence-electron chi connectivity index (χ3n) is 5.03. The van der Waals surface area contributed by atoms with Gasteiger partial charge in [-0.15, -0.1) is 0 Å². The van der Waals surface area contributed by atoms with E-state index in [0.29, 0.717) is 5.41 Å².